The summed E-state index contributed by atoms with van der Waals surface area (Å²) in [4.78, 5) is 9.89. The Morgan fingerprint density at radius 3 is 3.00 bits per heavy atom. The lowest BCUT2D eigenvalue weighted by Gasteiger charge is -2.04. The Hall–Kier alpha value is -2.04. The molecule has 0 bridgehead atoms. The predicted molar refractivity (Wildman–Crippen MR) is 51.5 cm³/mol. The van der Waals surface area contributed by atoms with E-state index in [1.165, 1.54) is 13.3 Å². The number of amides is 1. The summed E-state index contributed by atoms with van der Waals surface area (Å²) in [7, 11) is 1.46. The minimum Gasteiger partial charge on any atom is -0.504 e. The van der Waals surface area contributed by atoms with Gasteiger partial charge in [-0.3, -0.25) is 4.79 Å². The Kier molecular flexibility index (Phi) is 3.49. The number of phenols is 1. The van der Waals surface area contributed by atoms with Crippen LogP contribution in [0.25, 0.3) is 0 Å². The van der Waals surface area contributed by atoms with Gasteiger partial charge in [-0.05, 0) is 12.1 Å². The van der Waals surface area contributed by atoms with E-state index >= 15 is 0 Å². The molecule has 1 rings (SSSR count). The smallest absolute Gasteiger partial charge is 0.227 e. The van der Waals surface area contributed by atoms with Gasteiger partial charge in [-0.1, -0.05) is 6.07 Å². The number of rotatable bonds is 4. The Bertz CT molecular complexity index is 350. The van der Waals surface area contributed by atoms with E-state index < -0.39 is 0 Å². The number of hydrogen-bond donors (Lipinski definition) is 2. The summed E-state index contributed by atoms with van der Waals surface area (Å²) in [5.74, 6) is 0.353. The number of carbonyl (C=O) groups excluding carboxylic acids is 1. The van der Waals surface area contributed by atoms with Crippen LogP contribution in [0.5, 0.6) is 11.5 Å². The van der Waals surface area contributed by atoms with Crippen LogP contribution in [0.4, 0.5) is 0 Å². The van der Waals surface area contributed by atoms with Crippen molar-refractivity contribution in [3.63, 3.8) is 0 Å². The number of nitrogens with zero attached hydrogens (tertiary/aromatic N) is 1. The lowest BCUT2D eigenvalue weighted by atomic mass is 10.2. The molecule has 0 aromatic heterocycles. The highest BCUT2D eigenvalue weighted by atomic mass is 16.5. The number of methoxy groups -OCH3 is 1. The van der Waals surface area contributed by atoms with Crippen LogP contribution < -0.4 is 10.2 Å². The van der Waals surface area contributed by atoms with Gasteiger partial charge in [-0.25, -0.2) is 5.43 Å². The molecule has 0 aliphatic carbocycles. The highest BCUT2D eigenvalue weighted by Gasteiger charge is 2.04. The van der Waals surface area contributed by atoms with Crippen molar-refractivity contribution in [3.8, 4) is 11.5 Å². The standard InChI is InChI=1S/C9H10N2O3/c1-14-8-4-2-3-7(9(8)13)5-10-11-6-12/h2-6,13H,1H3,(H,11,12). The maximum Gasteiger partial charge on any atom is 0.227 e. The largest absolute Gasteiger partial charge is 0.504 e. The van der Waals surface area contributed by atoms with Crippen LogP contribution in [-0.4, -0.2) is 24.8 Å². The Labute approximate surface area is 81.0 Å². The van der Waals surface area contributed by atoms with Crippen molar-refractivity contribution in [2.75, 3.05) is 7.11 Å². The molecule has 0 heterocycles. The van der Waals surface area contributed by atoms with Crippen molar-refractivity contribution < 1.29 is 14.6 Å². The zero-order valence-electron chi connectivity index (χ0n) is 7.60. The van der Waals surface area contributed by atoms with E-state index in [9.17, 15) is 9.90 Å². The summed E-state index contributed by atoms with van der Waals surface area (Å²) in [6.07, 6.45) is 1.76. The molecule has 2 N–H and O–H groups in total. The average Bonchev–Trinajstić information content (AvgIpc) is 2.21. The summed E-state index contributed by atoms with van der Waals surface area (Å²) in [6, 6.07) is 4.98. The molecule has 0 aliphatic rings. The van der Waals surface area contributed by atoms with Crippen LogP contribution in [0.3, 0.4) is 0 Å². The number of hydrazone groups is 1. The Morgan fingerprint density at radius 2 is 2.36 bits per heavy atom. The quantitative estimate of drug-likeness (QED) is 0.416. The topological polar surface area (TPSA) is 70.9 Å². The number of nitrogens with one attached hydrogen (secondary N) is 1. The summed E-state index contributed by atoms with van der Waals surface area (Å²) < 4.78 is 4.89. The van der Waals surface area contributed by atoms with Crippen molar-refractivity contribution in [2.24, 2.45) is 5.10 Å². The maximum atomic E-state index is 9.89. The molecule has 0 fully saturated rings. The number of benzene rings is 1. The Balaban J connectivity index is 2.91. The number of carbonyl (C=O) groups is 1. The molecule has 74 valence electrons. The second-order valence-electron chi connectivity index (χ2n) is 2.40. The first-order chi connectivity index (χ1) is 6.79. The van der Waals surface area contributed by atoms with Gasteiger partial charge < -0.3 is 9.84 Å². The van der Waals surface area contributed by atoms with E-state index in [1.807, 2.05) is 0 Å². The molecule has 0 atom stereocenters. The normalized spacial score (nSPS) is 10.1. The van der Waals surface area contributed by atoms with Gasteiger partial charge in [-0.15, -0.1) is 0 Å². The van der Waals surface area contributed by atoms with Crippen LogP contribution in [0, 0.1) is 0 Å². The molecule has 0 radical (unpaired) electrons. The molecule has 0 unspecified atom stereocenters. The monoisotopic (exact) mass is 194 g/mol. The highest BCUT2D eigenvalue weighted by molar-refractivity contribution is 5.84. The number of para-hydroxylation sites is 1. The van der Waals surface area contributed by atoms with Crippen molar-refractivity contribution in [1.82, 2.24) is 5.43 Å². The van der Waals surface area contributed by atoms with Crippen molar-refractivity contribution >= 4 is 12.6 Å². The molecule has 1 amide bonds. The van der Waals surface area contributed by atoms with Gasteiger partial charge in [0.05, 0.1) is 13.3 Å². The van der Waals surface area contributed by atoms with Gasteiger partial charge in [0.1, 0.15) is 0 Å². The lowest BCUT2D eigenvalue weighted by Crippen LogP contribution is -2.00. The van der Waals surface area contributed by atoms with E-state index in [4.69, 9.17) is 4.74 Å². The third-order valence-corrected chi connectivity index (χ3v) is 1.58. The van der Waals surface area contributed by atoms with E-state index in [0.717, 1.165) is 0 Å². The molecule has 5 heteroatoms. The number of phenolic OH excluding ortho intramolecular Hbond substituents is 1. The summed E-state index contributed by atoms with van der Waals surface area (Å²) in [6.45, 7) is 0. The molecular formula is C9H10N2O3. The van der Waals surface area contributed by atoms with Crippen LogP contribution in [0.2, 0.25) is 0 Å². The fraction of sp³-hybridized carbons (Fsp3) is 0.111. The van der Waals surface area contributed by atoms with Gasteiger partial charge in [0.2, 0.25) is 6.41 Å². The zero-order valence-corrected chi connectivity index (χ0v) is 7.60. The zero-order chi connectivity index (χ0) is 10.4. The van der Waals surface area contributed by atoms with Crippen LogP contribution in [0.15, 0.2) is 23.3 Å². The van der Waals surface area contributed by atoms with Gasteiger partial charge in [0.15, 0.2) is 11.5 Å². The second kappa shape index (κ2) is 4.86. The second-order valence-corrected chi connectivity index (χ2v) is 2.40. The molecule has 0 aliphatic heterocycles. The third-order valence-electron chi connectivity index (χ3n) is 1.58. The van der Waals surface area contributed by atoms with E-state index in [2.05, 4.69) is 10.5 Å². The summed E-state index contributed by atoms with van der Waals surface area (Å²) in [5, 5.41) is 13.1. The number of aromatic hydroxyl groups is 1. The van der Waals surface area contributed by atoms with Crippen molar-refractivity contribution in [1.29, 1.82) is 0 Å². The minimum absolute atomic E-state index is 0.00792. The SMILES string of the molecule is COc1cccc(C=NNC=O)c1O. The maximum absolute atomic E-state index is 9.89. The van der Waals surface area contributed by atoms with Crippen molar-refractivity contribution in [2.45, 2.75) is 0 Å². The van der Waals surface area contributed by atoms with Gasteiger partial charge in [-0.2, -0.15) is 5.10 Å². The minimum atomic E-state index is -0.00792. The summed E-state index contributed by atoms with van der Waals surface area (Å²) in [5.41, 5.74) is 2.57. The lowest BCUT2D eigenvalue weighted by molar-refractivity contribution is -0.109. The molecule has 0 saturated carbocycles. The van der Waals surface area contributed by atoms with Gasteiger partial charge in [0.25, 0.3) is 0 Å². The molecule has 0 spiro atoms. The number of ether oxygens (including phenoxy) is 1. The molecule has 5 nitrogen and oxygen atoms in total. The highest BCUT2D eigenvalue weighted by Crippen LogP contribution is 2.27. The first-order valence-electron chi connectivity index (χ1n) is 3.87. The molecule has 14 heavy (non-hydrogen) atoms. The number of hydrogen-bond acceptors (Lipinski definition) is 4. The third kappa shape index (κ3) is 2.22. The molecule has 1 aromatic carbocycles. The van der Waals surface area contributed by atoms with Crippen LogP contribution >= 0.6 is 0 Å². The van der Waals surface area contributed by atoms with Gasteiger partial charge >= 0.3 is 0 Å². The van der Waals surface area contributed by atoms with E-state index in [-0.39, 0.29) is 5.75 Å². The fourth-order valence-corrected chi connectivity index (χ4v) is 0.945. The molecule has 1 aromatic rings. The predicted octanol–water partition coefficient (Wildman–Crippen LogP) is 0.481. The molecular weight excluding hydrogens is 184 g/mol. The average molecular weight is 194 g/mol. The summed E-state index contributed by atoms with van der Waals surface area (Å²) >= 11 is 0. The van der Waals surface area contributed by atoms with Crippen molar-refractivity contribution in [3.05, 3.63) is 23.8 Å². The van der Waals surface area contributed by atoms with Gasteiger partial charge in [0, 0.05) is 5.56 Å². The van der Waals surface area contributed by atoms with Crippen LogP contribution in [-0.2, 0) is 4.79 Å². The van der Waals surface area contributed by atoms with E-state index in [0.29, 0.717) is 17.7 Å². The first kappa shape index (κ1) is 10.0. The van der Waals surface area contributed by atoms with Crippen LogP contribution in [0.1, 0.15) is 5.56 Å². The van der Waals surface area contributed by atoms with E-state index in [1.54, 1.807) is 18.2 Å². The molecule has 0 saturated heterocycles. The first-order valence-corrected chi connectivity index (χ1v) is 3.87. The Morgan fingerprint density at radius 1 is 1.57 bits per heavy atom. The fourth-order valence-electron chi connectivity index (χ4n) is 0.945.